The van der Waals surface area contributed by atoms with Crippen molar-refractivity contribution in [3.05, 3.63) is 0 Å². The van der Waals surface area contributed by atoms with Gasteiger partial charge in [-0.1, -0.05) is 46.5 Å². The van der Waals surface area contributed by atoms with Gasteiger partial charge in [-0.15, -0.1) is 0 Å². The van der Waals surface area contributed by atoms with Crippen molar-refractivity contribution >= 4 is 0 Å². The van der Waals surface area contributed by atoms with Gasteiger partial charge in [0.25, 0.3) is 0 Å². The molecule has 1 atom stereocenters. The van der Waals surface area contributed by atoms with Crippen molar-refractivity contribution in [3.8, 4) is 0 Å². The third kappa shape index (κ3) is 4.45. The lowest BCUT2D eigenvalue weighted by atomic mass is 9.80. The smallest absolute Gasteiger partial charge is 0.0545 e. The topological polar surface area (TPSA) is 20.2 Å². The van der Waals surface area contributed by atoms with Crippen molar-refractivity contribution in [2.75, 3.05) is 0 Å². The van der Waals surface area contributed by atoms with Gasteiger partial charge in [0.1, 0.15) is 0 Å². The van der Waals surface area contributed by atoms with Crippen LogP contribution in [0.25, 0.3) is 0 Å². The second-order valence-corrected chi connectivity index (χ2v) is 5.64. The zero-order valence-electron chi connectivity index (χ0n) is 10.00. The van der Waals surface area contributed by atoms with E-state index in [-0.39, 0.29) is 6.10 Å². The normalized spacial score (nSPS) is 30.6. The van der Waals surface area contributed by atoms with E-state index in [1.165, 1.54) is 25.7 Å². The number of aliphatic hydroxyl groups excluding tert-OH is 1. The summed E-state index contributed by atoms with van der Waals surface area (Å²) in [5.74, 6) is 2.36. The molecule has 0 amide bonds. The lowest BCUT2D eigenvalue weighted by Gasteiger charge is -2.28. The van der Waals surface area contributed by atoms with E-state index in [2.05, 4.69) is 20.8 Å². The van der Waals surface area contributed by atoms with Gasteiger partial charge in [-0.05, 0) is 30.6 Å². The zero-order chi connectivity index (χ0) is 10.6. The average molecular weight is 198 g/mol. The molecule has 0 bridgehead atoms. The van der Waals surface area contributed by atoms with E-state index < -0.39 is 0 Å². The Bertz CT molecular complexity index is 145. The van der Waals surface area contributed by atoms with Crippen molar-refractivity contribution in [3.63, 3.8) is 0 Å². The first-order valence-corrected chi connectivity index (χ1v) is 6.26. The van der Waals surface area contributed by atoms with E-state index in [9.17, 15) is 5.11 Å². The maximum absolute atomic E-state index is 9.84. The summed E-state index contributed by atoms with van der Waals surface area (Å²) in [6.45, 7) is 6.72. The number of rotatable bonds is 4. The molecule has 0 aromatic rings. The lowest BCUT2D eigenvalue weighted by Crippen LogP contribution is -2.19. The van der Waals surface area contributed by atoms with Crippen LogP contribution in [-0.2, 0) is 0 Å². The van der Waals surface area contributed by atoms with Gasteiger partial charge >= 0.3 is 0 Å². The van der Waals surface area contributed by atoms with Gasteiger partial charge < -0.3 is 5.11 Å². The van der Waals surface area contributed by atoms with Crippen LogP contribution in [0.4, 0.5) is 0 Å². The Hall–Kier alpha value is -0.0400. The second kappa shape index (κ2) is 5.75. The van der Waals surface area contributed by atoms with Crippen LogP contribution in [0, 0.1) is 17.8 Å². The summed E-state index contributed by atoms with van der Waals surface area (Å²) < 4.78 is 0. The maximum Gasteiger partial charge on any atom is 0.0545 e. The van der Waals surface area contributed by atoms with Crippen molar-refractivity contribution in [2.24, 2.45) is 17.8 Å². The van der Waals surface area contributed by atoms with Crippen LogP contribution in [0.3, 0.4) is 0 Å². The van der Waals surface area contributed by atoms with Crippen molar-refractivity contribution < 1.29 is 5.11 Å². The number of aliphatic hydroxyl groups is 1. The largest absolute Gasteiger partial charge is 0.393 e. The van der Waals surface area contributed by atoms with Crippen molar-refractivity contribution in [1.29, 1.82) is 0 Å². The zero-order valence-corrected chi connectivity index (χ0v) is 10.00. The molecule has 1 unspecified atom stereocenters. The van der Waals surface area contributed by atoms with E-state index in [4.69, 9.17) is 0 Å². The highest BCUT2D eigenvalue weighted by Gasteiger charge is 2.21. The fraction of sp³-hybridized carbons (Fsp3) is 1.00. The van der Waals surface area contributed by atoms with Crippen molar-refractivity contribution in [2.45, 2.75) is 65.4 Å². The summed E-state index contributed by atoms with van der Waals surface area (Å²) in [4.78, 5) is 0. The summed E-state index contributed by atoms with van der Waals surface area (Å²) in [7, 11) is 0. The summed E-state index contributed by atoms with van der Waals surface area (Å²) in [6, 6.07) is 0. The Morgan fingerprint density at radius 3 is 2.21 bits per heavy atom. The van der Waals surface area contributed by atoms with E-state index in [1.807, 2.05) is 0 Å². The monoisotopic (exact) mass is 198 g/mol. The Morgan fingerprint density at radius 1 is 1.14 bits per heavy atom. The molecule has 1 fully saturated rings. The standard InChI is InChI=1S/C13H26O/c1-10(2)8-13(14)9-12-6-4-11(3)5-7-12/h10-14H,4-9H2,1-3H3. The van der Waals surface area contributed by atoms with Gasteiger partial charge in [0, 0.05) is 0 Å². The van der Waals surface area contributed by atoms with Crippen molar-refractivity contribution in [1.82, 2.24) is 0 Å². The molecule has 14 heavy (non-hydrogen) atoms. The van der Waals surface area contributed by atoms with Gasteiger partial charge in [-0.2, -0.15) is 0 Å². The average Bonchev–Trinajstić information content (AvgIpc) is 2.07. The third-order valence-corrected chi connectivity index (χ3v) is 3.48. The highest BCUT2D eigenvalue weighted by molar-refractivity contribution is 4.73. The van der Waals surface area contributed by atoms with E-state index in [0.29, 0.717) is 5.92 Å². The maximum atomic E-state index is 9.84. The first-order chi connectivity index (χ1) is 6.58. The molecule has 0 saturated heterocycles. The van der Waals surface area contributed by atoms with E-state index >= 15 is 0 Å². The first kappa shape index (κ1) is 12.0. The molecule has 0 aromatic carbocycles. The van der Waals surface area contributed by atoms with Gasteiger partial charge in [-0.3, -0.25) is 0 Å². The van der Waals surface area contributed by atoms with Gasteiger partial charge in [0.05, 0.1) is 6.10 Å². The molecule has 1 nitrogen and oxygen atoms in total. The Balaban J connectivity index is 2.17. The molecule has 0 spiro atoms. The van der Waals surface area contributed by atoms with E-state index in [1.54, 1.807) is 0 Å². The third-order valence-electron chi connectivity index (χ3n) is 3.48. The Morgan fingerprint density at radius 2 is 1.71 bits per heavy atom. The van der Waals surface area contributed by atoms with Crippen LogP contribution in [0.5, 0.6) is 0 Å². The van der Waals surface area contributed by atoms with Crippen LogP contribution in [0.2, 0.25) is 0 Å². The quantitative estimate of drug-likeness (QED) is 0.731. The minimum atomic E-state index is -0.0478. The predicted octanol–water partition coefficient (Wildman–Crippen LogP) is 3.61. The molecule has 0 aromatic heterocycles. The summed E-state index contributed by atoms with van der Waals surface area (Å²) in [5, 5.41) is 9.84. The van der Waals surface area contributed by atoms with E-state index in [0.717, 1.165) is 24.7 Å². The lowest BCUT2D eigenvalue weighted by molar-refractivity contribution is 0.105. The molecule has 1 saturated carbocycles. The SMILES string of the molecule is CC(C)CC(O)CC1CCC(C)CC1. The Kier molecular flexibility index (Phi) is 4.94. The predicted molar refractivity (Wildman–Crippen MR) is 61.2 cm³/mol. The molecule has 84 valence electrons. The molecular formula is C13H26O. The molecule has 0 aliphatic heterocycles. The van der Waals surface area contributed by atoms with Crippen LogP contribution >= 0.6 is 0 Å². The fourth-order valence-corrected chi connectivity index (χ4v) is 2.59. The highest BCUT2D eigenvalue weighted by atomic mass is 16.3. The molecule has 1 rings (SSSR count). The molecule has 0 heterocycles. The Labute approximate surface area is 88.9 Å². The van der Waals surface area contributed by atoms with Crippen LogP contribution < -0.4 is 0 Å². The molecule has 1 aliphatic carbocycles. The first-order valence-electron chi connectivity index (χ1n) is 6.26. The fourth-order valence-electron chi connectivity index (χ4n) is 2.59. The minimum absolute atomic E-state index is 0.0478. The van der Waals surface area contributed by atoms with Crippen LogP contribution in [0.1, 0.15) is 59.3 Å². The number of hydrogen-bond donors (Lipinski definition) is 1. The van der Waals surface area contributed by atoms with Crippen LogP contribution in [0.15, 0.2) is 0 Å². The van der Waals surface area contributed by atoms with Gasteiger partial charge in [0.15, 0.2) is 0 Å². The van der Waals surface area contributed by atoms with Gasteiger partial charge in [0.2, 0.25) is 0 Å². The number of hydrogen-bond acceptors (Lipinski definition) is 1. The van der Waals surface area contributed by atoms with Gasteiger partial charge in [-0.25, -0.2) is 0 Å². The summed E-state index contributed by atoms with van der Waals surface area (Å²) in [5.41, 5.74) is 0. The summed E-state index contributed by atoms with van der Waals surface area (Å²) >= 11 is 0. The molecule has 1 aliphatic rings. The molecule has 0 radical (unpaired) electrons. The molecule has 1 heteroatoms. The molecular weight excluding hydrogens is 172 g/mol. The second-order valence-electron chi connectivity index (χ2n) is 5.64. The minimum Gasteiger partial charge on any atom is -0.393 e. The van der Waals surface area contributed by atoms with Crippen LogP contribution in [-0.4, -0.2) is 11.2 Å². The highest BCUT2D eigenvalue weighted by Crippen LogP contribution is 2.31. The molecule has 1 N–H and O–H groups in total. The summed E-state index contributed by atoms with van der Waals surface area (Å²) in [6.07, 6.45) is 7.41.